The van der Waals surface area contributed by atoms with Gasteiger partial charge >= 0.3 is 7.12 Å². The van der Waals surface area contributed by atoms with Crippen LogP contribution in [0.2, 0.25) is 0 Å². The molecule has 22 aromatic rings. The summed E-state index contributed by atoms with van der Waals surface area (Å²) in [5.74, 6) is 0. The van der Waals surface area contributed by atoms with E-state index in [0.29, 0.717) is 5.46 Å². The molecule has 520 valence electrons. The first-order chi connectivity index (χ1) is 53.8. The predicted octanol–water partition coefficient (Wildman–Crippen LogP) is 29.5. The molecule has 2 aliphatic rings. The summed E-state index contributed by atoms with van der Waals surface area (Å²) in [4.78, 5) is 0. The zero-order valence-corrected chi connectivity index (χ0v) is 65.4. The summed E-state index contributed by atoms with van der Waals surface area (Å²) in [6.45, 7) is 9.30. The van der Waals surface area contributed by atoms with Crippen molar-refractivity contribution in [3.63, 3.8) is 0 Å². The summed E-state index contributed by atoms with van der Waals surface area (Å²) < 4.78 is 12.0. The highest BCUT2D eigenvalue weighted by molar-refractivity contribution is 9.10. The fraction of sp³-hybridized carbons (Fsp3) is 0.0588. The Labute approximate surface area is 659 Å². The number of benzene rings is 18. The minimum absolute atomic E-state index is 0.0131. The third-order valence-electron chi connectivity index (χ3n) is 24.1. The third-order valence-corrected chi connectivity index (χ3v) is 29.3. The second-order valence-electron chi connectivity index (χ2n) is 30.7. The van der Waals surface area contributed by atoms with Crippen LogP contribution in [-0.4, -0.2) is 17.2 Å². The first kappa shape index (κ1) is 65.9. The van der Waals surface area contributed by atoms with Gasteiger partial charge in [-0.05, 0) is 192 Å². The minimum Gasteiger partial charge on any atom is -0.423 e. The summed E-state index contributed by atoms with van der Waals surface area (Å²) in [5, 5.41) is 45.8. The molecule has 24 rings (SSSR count). The number of halogens is 1. The highest BCUT2D eigenvalue weighted by atomic mass is 79.9. The van der Waals surface area contributed by atoms with Gasteiger partial charge in [-0.2, -0.15) is 0 Å². The first-order valence-corrected chi connectivity index (χ1v) is 41.6. The second-order valence-corrected chi connectivity index (χ2v) is 35.8. The molecule has 0 fully saturated rings. The Morgan fingerprint density at radius 3 is 1.01 bits per heavy atom. The molecule has 2 N–H and O–H groups in total. The van der Waals surface area contributed by atoms with E-state index in [2.05, 4.69) is 323 Å². The smallest absolute Gasteiger partial charge is 0.423 e. The second kappa shape index (κ2) is 24.9. The average Bonchev–Trinajstić information content (AvgIpc) is 1.24. The van der Waals surface area contributed by atoms with Gasteiger partial charge in [0.15, 0.2) is 0 Å². The molecule has 2 nitrogen and oxygen atoms in total. The summed E-state index contributed by atoms with van der Waals surface area (Å²) in [6.07, 6.45) is 0. The van der Waals surface area contributed by atoms with Crippen LogP contribution in [-0.2, 0) is 10.8 Å². The lowest BCUT2D eigenvalue weighted by atomic mass is 9.72. The summed E-state index contributed by atoms with van der Waals surface area (Å²) in [6, 6.07) is 116. The van der Waals surface area contributed by atoms with E-state index in [1.165, 1.54) is 191 Å². The van der Waals surface area contributed by atoms with Gasteiger partial charge in [0.25, 0.3) is 0 Å². The van der Waals surface area contributed by atoms with Crippen LogP contribution >= 0.6 is 61.3 Å². The molecule has 18 aromatic carbocycles. The van der Waals surface area contributed by atoms with Crippen molar-refractivity contribution in [2.75, 3.05) is 0 Å². The first-order valence-electron chi connectivity index (χ1n) is 37.6. The monoisotopic (exact) mass is 1540 g/mol. The Morgan fingerprint density at radius 1 is 0.245 bits per heavy atom. The normalized spacial score (nSPS) is 13.4. The zero-order chi connectivity index (χ0) is 73.6. The van der Waals surface area contributed by atoms with Crippen LogP contribution in [0.5, 0.6) is 0 Å². The molecule has 0 saturated carbocycles. The fourth-order valence-electron chi connectivity index (χ4n) is 19.1. The van der Waals surface area contributed by atoms with E-state index in [4.69, 9.17) is 0 Å². The van der Waals surface area contributed by atoms with Gasteiger partial charge in [0, 0.05) is 107 Å². The molecular weight excluding hydrogens is 1480 g/mol. The van der Waals surface area contributed by atoms with Crippen molar-refractivity contribution < 1.29 is 10.0 Å². The van der Waals surface area contributed by atoms with E-state index in [-0.39, 0.29) is 10.8 Å². The summed E-state index contributed by atoms with van der Waals surface area (Å²) >= 11 is 11.2. The van der Waals surface area contributed by atoms with Crippen LogP contribution in [0.15, 0.2) is 320 Å². The Morgan fingerprint density at radius 2 is 0.564 bits per heavy atom. The van der Waals surface area contributed by atoms with E-state index in [9.17, 15) is 10.0 Å². The maximum Gasteiger partial charge on any atom is 0.489 e. The maximum absolute atomic E-state index is 10.2. The molecule has 0 amide bonds. The molecule has 0 unspecified atom stereocenters. The molecule has 0 aliphatic heterocycles. The van der Waals surface area contributed by atoms with Crippen LogP contribution in [0.3, 0.4) is 0 Å². The number of hydrogen-bond acceptors (Lipinski definition) is 6. The van der Waals surface area contributed by atoms with Gasteiger partial charge in [-0.15, -0.1) is 45.3 Å². The van der Waals surface area contributed by atoms with Crippen LogP contribution in [0.4, 0.5) is 0 Å². The van der Waals surface area contributed by atoms with E-state index in [0.717, 1.165) is 37.1 Å². The molecule has 0 radical (unpaired) electrons. The number of rotatable bonds is 4. The fourth-order valence-corrected chi connectivity index (χ4v) is 24.4. The zero-order valence-electron chi connectivity index (χ0n) is 60.5. The molecule has 0 spiro atoms. The molecule has 4 heterocycles. The molecule has 8 heteroatoms. The van der Waals surface area contributed by atoms with Gasteiger partial charge in [0.05, 0.1) is 0 Å². The number of thiophene rings is 4. The van der Waals surface area contributed by atoms with Crippen LogP contribution < -0.4 is 5.46 Å². The highest BCUT2D eigenvalue weighted by Gasteiger charge is 2.37. The minimum atomic E-state index is -1.54. The van der Waals surface area contributed by atoms with Crippen LogP contribution in [0, 0.1) is 0 Å². The van der Waals surface area contributed by atoms with Crippen molar-refractivity contribution in [1.82, 2.24) is 0 Å². The van der Waals surface area contributed by atoms with Crippen molar-refractivity contribution in [1.29, 1.82) is 0 Å². The Bertz CT molecular complexity index is 7620. The van der Waals surface area contributed by atoms with Gasteiger partial charge in [-0.25, -0.2) is 0 Å². The van der Waals surface area contributed by atoms with E-state index < -0.39 is 7.12 Å². The Balaban J connectivity index is 0.000000111. The molecule has 0 saturated heterocycles. The van der Waals surface area contributed by atoms with Crippen molar-refractivity contribution in [2.24, 2.45) is 0 Å². The van der Waals surface area contributed by atoms with Gasteiger partial charge in [-0.1, -0.05) is 304 Å². The molecular formula is C102H66BBrO2S4. The van der Waals surface area contributed by atoms with Crippen LogP contribution in [0.25, 0.3) is 201 Å². The maximum atomic E-state index is 10.2. The van der Waals surface area contributed by atoms with Crippen LogP contribution in [0.1, 0.15) is 49.9 Å². The van der Waals surface area contributed by atoms with E-state index in [1.807, 2.05) is 81.7 Å². The van der Waals surface area contributed by atoms with Gasteiger partial charge in [0.2, 0.25) is 0 Å². The lowest BCUT2D eigenvalue weighted by molar-refractivity contribution is 0.426. The number of fused-ring (bicyclic) bond motifs is 28. The SMILES string of the molecule is Brc1ccc2c(c1)sc1ccc3c(ccc4c5ccccc5sc43)c12.CC1(C)c2ccccc2-c2cc(-c3c4ccccc4c(-c4ccc5c(c4)sc4ccc6c(ccc7c8ccccc8sc76)c45)c4ccccc34)ccc21.CC1(C)c2ccccc2-c2cc(-c3c4ccccc4c(B(O)O)c4ccccc34)ccc21. The quantitative estimate of drug-likeness (QED) is 0.136. The van der Waals surface area contributed by atoms with E-state index in [1.54, 1.807) is 0 Å². The highest BCUT2D eigenvalue weighted by Crippen LogP contribution is 2.55. The summed E-state index contributed by atoms with van der Waals surface area (Å²) in [5.41, 5.74) is 18.8. The number of hydrogen-bond donors (Lipinski definition) is 2. The third kappa shape index (κ3) is 9.83. The lowest BCUT2D eigenvalue weighted by Gasteiger charge is -2.22. The van der Waals surface area contributed by atoms with Gasteiger partial charge in [-0.3, -0.25) is 0 Å². The van der Waals surface area contributed by atoms with Crippen molar-refractivity contribution in [2.45, 2.75) is 38.5 Å². The Kier molecular flexibility index (Phi) is 14.9. The van der Waals surface area contributed by atoms with Crippen molar-refractivity contribution in [3.05, 3.63) is 342 Å². The lowest BCUT2D eigenvalue weighted by Crippen LogP contribution is -2.31. The predicted molar refractivity (Wildman–Crippen MR) is 485 cm³/mol. The molecule has 0 atom stereocenters. The molecule has 0 bridgehead atoms. The Hall–Kier alpha value is -11.1. The van der Waals surface area contributed by atoms with Gasteiger partial charge < -0.3 is 10.0 Å². The van der Waals surface area contributed by atoms with Gasteiger partial charge in [0.1, 0.15) is 0 Å². The summed E-state index contributed by atoms with van der Waals surface area (Å²) in [7, 11) is -1.54. The van der Waals surface area contributed by atoms with Crippen molar-refractivity contribution >= 4 is 219 Å². The topological polar surface area (TPSA) is 40.5 Å². The molecule has 110 heavy (non-hydrogen) atoms. The van der Waals surface area contributed by atoms with Crippen molar-refractivity contribution in [3.8, 4) is 55.6 Å². The molecule has 2 aliphatic carbocycles. The standard InChI is InChI=1S/C51H32S2.C29H23BO2.C22H11BrS2/c1-51(2)42-17-9-7-11-31(42)41-27-29(20-25-43(41)51)47-33-13-3-5-15-35(33)48(36-16-6-4-14-34(36)47)30-19-21-40-46(28-30)52-45-26-24-39-37(49(40)45)22-23-38-32-12-8-10-18-44(32)53-50(38)39;1-29(2)25-14-8-7-9-19(25)24-17-18(15-16-26(24)29)27-20-10-3-5-12-22(20)28(30(31)32)23-13-6-4-11-21(23)27;23-12-5-6-17-20(11-12)24-19-10-9-16-14(21(17)19)7-8-15-13-3-1-2-4-18(13)25-22(15)16/h3-28H,1-2H3;3-17,31-32H,1-2H3;1-11H. The largest absolute Gasteiger partial charge is 0.489 e. The average molecular weight is 1540 g/mol. The van der Waals surface area contributed by atoms with E-state index >= 15 is 0 Å². The molecule has 4 aromatic heterocycles.